The van der Waals surface area contributed by atoms with Crippen molar-refractivity contribution in [2.75, 3.05) is 6.61 Å². The molecule has 15 rings (SSSR count). The maximum Gasteiger partial charge on any atom is 0.193 e. The second-order valence-electron chi connectivity index (χ2n) is 46.2. The molecule has 4 N–H and O–H groups in total. The van der Waals surface area contributed by atoms with Crippen LogP contribution in [0.2, 0.25) is 54.4 Å². The Morgan fingerprint density at radius 1 is 0.448 bits per heavy atom. The van der Waals surface area contributed by atoms with E-state index in [1.807, 2.05) is 6.08 Å². The molecule has 12 fully saturated rings. The lowest BCUT2D eigenvalue weighted by molar-refractivity contribution is -0.266. The molecule has 35 atom stereocenters. The normalized spacial score (nSPS) is 42.4. The summed E-state index contributed by atoms with van der Waals surface area (Å²) in [6.45, 7) is 65.4. The number of aliphatic hydroxyl groups excluding tert-OH is 4. The third kappa shape index (κ3) is 24.4. The van der Waals surface area contributed by atoms with Crippen LogP contribution < -0.4 is 0 Å². The maximum absolute atomic E-state index is 14.8. The Balaban J connectivity index is 0.000000240. The summed E-state index contributed by atoms with van der Waals surface area (Å²) in [7, 11) is -7.50. The Kier molecular flexibility index (Phi) is 33.8. The van der Waals surface area contributed by atoms with Gasteiger partial charge >= 0.3 is 0 Å². The Hall–Kier alpha value is -2.65. The molecule has 11 saturated heterocycles. The van der Waals surface area contributed by atoms with Gasteiger partial charge in [-0.2, -0.15) is 0 Å². The lowest BCUT2D eigenvalue weighted by Gasteiger charge is -2.56. The van der Waals surface area contributed by atoms with Crippen molar-refractivity contribution < 1.29 is 100 Å². The number of ketones is 4. The highest BCUT2D eigenvalue weighted by atomic mass is 28.4. The molecule has 0 aromatic carbocycles. The standard InChI is InChI=1S/C61H108O9Si3.C40H60O12/c1-22-38(2)31-53-42(6)49-37-46(63)36-48-27-30-51-55(65-48)57(69-72(18,19)60(10,11)12)58(70-73(20,21)61(13,14)15)56(67-51)52(68-71(16,17)59(7,8)9)29-25-45(62)24-26-47-33-40(4)50(64-47)28-23-43-32-39(3)41(5)44(34-43)35-54(49)66-53;1-19-11-27-7-9-30-20(2)12-26(47-30)6-5-23(42)15-35-36(45)39-40(52-35)37(46)38-31(51-39)10-8-28(49-38)13-24(43)14-29-22(4)32(16-25(44)18-41)50-34(29)17-33(48-27)21(19)3/h25,29,38-39,42-44,47-58H,4-5,22-24,26-28,30-37H2,1-3,6-21H3;19,22,25-41,44-46H,2-3,5-18H2,1,4H3/b29-25+;/t38-,39-,42-,43+,44?,47?,48?,49-,50?,51+,52+,53-,54+,55+,56+,57+,58-;19-,22-,25+,26+,27+,28?,29-,30?,31+,32-,33?,34+,35-,36+,37+,38+,39+,40+/m11/s1. The molecular formula is C101H168O21Si3. The number of Topliss-reactive ketones (excluding diaryl/α,β-unsaturated/α-hetero) is 3. The number of fused-ring (bicyclic) bond motifs is 9. The van der Waals surface area contributed by atoms with Crippen LogP contribution in [0.25, 0.3) is 0 Å². The average molecular weight is 1800 g/mol. The van der Waals surface area contributed by atoms with E-state index in [-0.39, 0.29) is 180 Å². The monoisotopic (exact) mass is 1800 g/mol. The summed E-state index contributed by atoms with van der Waals surface area (Å²) in [6, 6.07) is 0. The predicted molar refractivity (Wildman–Crippen MR) is 494 cm³/mol. The van der Waals surface area contributed by atoms with Crippen LogP contribution in [0.5, 0.6) is 0 Å². The van der Waals surface area contributed by atoms with E-state index in [0.717, 1.165) is 93.8 Å². The molecule has 14 heterocycles. The summed E-state index contributed by atoms with van der Waals surface area (Å²) in [6.07, 6.45) is 10.2. The van der Waals surface area contributed by atoms with Gasteiger partial charge in [0.15, 0.2) is 30.7 Å². The molecule has 0 spiro atoms. The van der Waals surface area contributed by atoms with Crippen LogP contribution in [0.4, 0.5) is 0 Å². The first-order chi connectivity index (χ1) is 58.5. The number of rotatable bonds is 12. The highest BCUT2D eigenvalue weighted by molar-refractivity contribution is 6.75. The van der Waals surface area contributed by atoms with Crippen molar-refractivity contribution in [1.29, 1.82) is 0 Å². The molecule has 1 aliphatic carbocycles. The van der Waals surface area contributed by atoms with Crippen LogP contribution in [-0.2, 0) is 79.8 Å². The van der Waals surface area contributed by atoms with Crippen molar-refractivity contribution >= 4 is 48.1 Å². The van der Waals surface area contributed by atoms with Gasteiger partial charge in [0.05, 0.1) is 110 Å². The summed E-state index contributed by atoms with van der Waals surface area (Å²) in [5.41, 5.74) is 4.54. The lowest BCUT2D eigenvalue weighted by Crippen LogP contribution is -2.69. The first-order valence-corrected chi connectivity index (χ1v) is 57.9. The van der Waals surface area contributed by atoms with Crippen LogP contribution in [-0.4, -0.2) is 234 Å². The molecule has 21 nitrogen and oxygen atoms in total. The van der Waals surface area contributed by atoms with E-state index in [1.54, 1.807) is 6.08 Å². The molecular weight excluding hydrogens is 1630 g/mol. The minimum absolute atomic E-state index is 0.00663. The number of carbonyl (C=O) groups is 4. The first kappa shape index (κ1) is 101. The molecule has 15 aliphatic rings. The fourth-order valence-electron chi connectivity index (χ4n) is 22.3. The van der Waals surface area contributed by atoms with Gasteiger partial charge in [0.25, 0.3) is 0 Å². The van der Waals surface area contributed by atoms with Crippen LogP contribution in [0.1, 0.15) is 277 Å². The number of hydrogen-bond acceptors (Lipinski definition) is 21. The summed E-state index contributed by atoms with van der Waals surface area (Å²) < 4.78 is 90.0. The van der Waals surface area contributed by atoms with Gasteiger partial charge in [-0.1, -0.05) is 148 Å². The van der Waals surface area contributed by atoms with Crippen molar-refractivity contribution in [3.05, 3.63) is 60.8 Å². The van der Waals surface area contributed by atoms with Gasteiger partial charge in [0.2, 0.25) is 0 Å². The van der Waals surface area contributed by atoms with Gasteiger partial charge in [-0.05, 0) is 240 Å². The molecule has 24 heteroatoms. The Bertz CT molecular complexity index is 3730. The third-order valence-corrected chi connectivity index (χ3v) is 47.2. The average Bonchev–Trinajstić information content (AvgIpc) is 1.51. The van der Waals surface area contributed by atoms with Gasteiger partial charge in [-0.25, -0.2) is 0 Å². The fraction of sp³-hybridized carbons (Fsp3) is 0.861. The molecule has 0 aromatic rings. The molecule has 0 radical (unpaired) electrons. The van der Waals surface area contributed by atoms with E-state index in [2.05, 4.69) is 163 Å². The zero-order chi connectivity index (χ0) is 91.2. The van der Waals surface area contributed by atoms with E-state index in [4.69, 9.17) is 67.2 Å². The molecule has 0 aromatic heterocycles. The first-order valence-electron chi connectivity index (χ1n) is 49.2. The highest BCUT2D eigenvalue weighted by Gasteiger charge is 2.61. The maximum atomic E-state index is 14.8. The number of aliphatic hydroxyl groups is 4. The molecule has 7 unspecified atom stereocenters. The largest absolute Gasteiger partial charge is 0.408 e. The molecule has 710 valence electrons. The summed E-state index contributed by atoms with van der Waals surface area (Å²) in [4.78, 5) is 55.9. The van der Waals surface area contributed by atoms with E-state index < -0.39 is 110 Å². The summed E-state index contributed by atoms with van der Waals surface area (Å²) >= 11 is 0. The zero-order valence-corrected chi connectivity index (χ0v) is 83.7. The van der Waals surface area contributed by atoms with E-state index >= 15 is 0 Å². The van der Waals surface area contributed by atoms with Crippen molar-refractivity contribution in [2.24, 2.45) is 53.3 Å². The van der Waals surface area contributed by atoms with Crippen LogP contribution in [0.3, 0.4) is 0 Å². The number of hydrogen-bond donors (Lipinski definition) is 4. The van der Waals surface area contributed by atoms with Gasteiger partial charge < -0.3 is 81.1 Å². The minimum atomic E-state index is -2.53. The van der Waals surface area contributed by atoms with Crippen LogP contribution >= 0.6 is 0 Å². The second-order valence-corrected chi connectivity index (χ2v) is 60.4. The molecule has 1 saturated carbocycles. The van der Waals surface area contributed by atoms with E-state index in [1.165, 1.54) is 5.57 Å². The zero-order valence-electron chi connectivity index (χ0n) is 80.7. The quantitative estimate of drug-likeness (QED) is 0.104. The minimum Gasteiger partial charge on any atom is -0.408 e. The van der Waals surface area contributed by atoms with Gasteiger partial charge in [-0.15, -0.1) is 0 Å². The molecule has 125 heavy (non-hydrogen) atoms. The predicted octanol–water partition coefficient (Wildman–Crippen LogP) is 18.2. The van der Waals surface area contributed by atoms with Crippen LogP contribution in [0.15, 0.2) is 60.8 Å². The third-order valence-electron chi connectivity index (χ3n) is 33.8. The number of allylic oxidation sites excluding steroid dienone is 2. The molecule has 16 bridgehead atoms. The van der Waals surface area contributed by atoms with Crippen molar-refractivity contribution in [3.8, 4) is 0 Å². The topological polar surface area (TPSA) is 269 Å². The highest BCUT2D eigenvalue weighted by Crippen LogP contribution is 2.53. The van der Waals surface area contributed by atoms with Crippen molar-refractivity contribution in [2.45, 2.75) is 490 Å². The van der Waals surface area contributed by atoms with Crippen LogP contribution in [0, 0.1) is 53.3 Å². The summed E-state index contributed by atoms with van der Waals surface area (Å²) in [5.74, 6) is 2.67. The number of ether oxygens (including phenoxy) is 10. The van der Waals surface area contributed by atoms with Gasteiger partial charge in [0.1, 0.15) is 72.3 Å². The lowest BCUT2D eigenvalue weighted by atomic mass is 9.68. The Morgan fingerprint density at radius 2 is 0.920 bits per heavy atom. The van der Waals surface area contributed by atoms with Gasteiger partial charge in [0, 0.05) is 57.8 Å². The van der Waals surface area contributed by atoms with Crippen molar-refractivity contribution in [3.63, 3.8) is 0 Å². The summed E-state index contributed by atoms with van der Waals surface area (Å²) in [5, 5.41) is 42.1. The fourth-order valence-corrected chi connectivity index (χ4v) is 26.2. The SMILES string of the molecule is C=C1CC2CCC(=O)/C=C/[C@H](O[Si](C)(C)C(C)(C)C)[C@@H]3O[C@H]4CCC(CC(=O)C[C@@H]5[C@@H](C)[C@@H](C[C@H](C)CC)O[C@H]5CC5C[C@@H](CCC1O2)C[C@@H](C)C5=C)O[C@@H]4[C@H](O[Si](C)(C)C(C)(C)C)[C@@H]3O[Si](C)(C)C(C)(C)C.C=C1C[C@@H]2CCC(=O)C[C@H]3O[C@H]4[C@@H](O)[C@H]5OC(CC[C@@H]5O[C@H]4[C@H]3O)CC(=O)C[C@@H]3[C@@H](C)[C@@H](C[C@H](O)CO)O[C@H]3CC3O[C@@H](CCC1O2)C[C@@H](C)C3=C. The Morgan fingerprint density at radius 3 is 1.49 bits per heavy atom. The Labute approximate surface area is 755 Å². The second kappa shape index (κ2) is 41.7. The van der Waals surface area contributed by atoms with Crippen molar-refractivity contribution in [1.82, 2.24) is 0 Å². The van der Waals surface area contributed by atoms with E-state index in [9.17, 15) is 39.6 Å². The molecule has 0 amide bonds. The van der Waals surface area contributed by atoms with E-state index in [0.29, 0.717) is 87.9 Å². The number of carbonyl (C=O) groups excluding carboxylic acids is 4. The smallest absolute Gasteiger partial charge is 0.193 e. The molecule has 14 aliphatic heterocycles. The van der Waals surface area contributed by atoms with Gasteiger partial charge in [-0.3, -0.25) is 19.2 Å².